The van der Waals surface area contributed by atoms with Crippen LogP contribution in [0, 0.1) is 0 Å². The highest BCUT2D eigenvalue weighted by molar-refractivity contribution is 7.89. The van der Waals surface area contributed by atoms with E-state index in [1.54, 1.807) is 0 Å². The first-order chi connectivity index (χ1) is 12.2. The van der Waals surface area contributed by atoms with Crippen molar-refractivity contribution in [1.82, 2.24) is 10.0 Å². The summed E-state index contributed by atoms with van der Waals surface area (Å²) in [6.07, 6.45) is 1.96. The molecule has 1 unspecified atom stereocenters. The van der Waals surface area contributed by atoms with Crippen LogP contribution in [0.25, 0.3) is 0 Å². The van der Waals surface area contributed by atoms with Crippen molar-refractivity contribution in [1.29, 1.82) is 0 Å². The minimum absolute atomic E-state index is 0.0951. The summed E-state index contributed by atoms with van der Waals surface area (Å²) in [4.78, 5) is 23.5. The molecule has 0 spiro atoms. The number of unbranched alkanes of at least 4 members (excludes halogenated alkanes) is 1. The van der Waals surface area contributed by atoms with Gasteiger partial charge < -0.3 is 14.8 Å². The molecule has 0 fully saturated rings. The Morgan fingerprint density at radius 1 is 1.27 bits per heavy atom. The van der Waals surface area contributed by atoms with Crippen molar-refractivity contribution < 1.29 is 27.5 Å². The Labute approximate surface area is 158 Å². The van der Waals surface area contributed by atoms with E-state index in [4.69, 9.17) is 16.3 Å². The van der Waals surface area contributed by atoms with Gasteiger partial charge >= 0.3 is 5.97 Å². The Kier molecular flexibility index (Phi) is 8.83. The lowest BCUT2D eigenvalue weighted by atomic mass is 10.1. The molecule has 1 aromatic rings. The van der Waals surface area contributed by atoms with Gasteiger partial charge in [-0.2, -0.15) is 0 Å². The van der Waals surface area contributed by atoms with E-state index in [0.717, 1.165) is 6.42 Å². The number of hydrogen-bond donors (Lipinski definition) is 2. The van der Waals surface area contributed by atoms with Gasteiger partial charge in [-0.1, -0.05) is 31.4 Å². The van der Waals surface area contributed by atoms with E-state index in [1.807, 2.05) is 6.92 Å². The standard InChI is InChI=1S/C16H23ClN2O6S/c1-4-5-6-12(16(21)25-3)19-15(20)10-18-26(22,23)14-9-11(17)7-8-13(14)24-2/h7-9,12,18H,4-6,10H2,1-3H3,(H,19,20). The summed E-state index contributed by atoms with van der Waals surface area (Å²) >= 11 is 5.83. The van der Waals surface area contributed by atoms with Crippen LogP contribution < -0.4 is 14.8 Å². The number of methoxy groups -OCH3 is 2. The van der Waals surface area contributed by atoms with Gasteiger partial charge in [0, 0.05) is 5.02 Å². The average Bonchev–Trinajstić information content (AvgIpc) is 2.62. The molecule has 2 N–H and O–H groups in total. The second kappa shape index (κ2) is 10.3. The van der Waals surface area contributed by atoms with E-state index >= 15 is 0 Å². The van der Waals surface area contributed by atoms with Gasteiger partial charge in [-0.15, -0.1) is 0 Å². The summed E-state index contributed by atoms with van der Waals surface area (Å²) in [7, 11) is -1.49. The number of amides is 1. The molecule has 0 radical (unpaired) electrons. The Balaban J connectivity index is 2.79. The molecule has 1 aromatic carbocycles. The van der Waals surface area contributed by atoms with E-state index in [9.17, 15) is 18.0 Å². The first kappa shape index (κ1) is 22.2. The van der Waals surface area contributed by atoms with E-state index in [-0.39, 0.29) is 15.7 Å². The molecular weight excluding hydrogens is 384 g/mol. The lowest BCUT2D eigenvalue weighted by Gasteiger charge is -2.16. The van der Waals surface area contributed by atoms with Crippen LogP contribution in [0.1, 0.15) is 26.2 Å². The summed E-state index contributed by atoms with van der Waals surface area (Å²) in [5.74, 6) is -1.13. The number of carbonyl (C=O) groups is 2. The first-order valence-electron chi connectivity index (χ1n) is 7.95. The number of rotatable bonds is 10. The Bertz CT molecular complexity index is 738. The van der Waals surface area contributed by atoms with Crippen LogP contribution in [0.5, 0.6) is 5.75 Å². The lowest BCUT2D eigenvalue weighted by Crippen LogP contribution is -2.45. The van der Waals surface area contributed by atoms with E-state index < -0.39 is 34.5 Å². The third-order valence-corrected chi connectivity index (χ3v) is 5.16. The van der Waals surface area contributed by atoms with Crippen molar-refractivity contribution in [2.24, 2.45) is 0 Å². The van der Waals surface area contributed by atoms with Crippen LogP contribution in [0.3, 0.4) is 0 Å². The van der Waals surface area contributed by atoms with Crippen molar-refractivity contribution in [3.05, 3.63) is 23.2 Å². The number of ether oxygens (including phenoxy) is 2. The minimum Gasteiger partial charge on any atom is -0.495 e. The van der Waals surface area contributed by atoms with Gasteiger partial charge in [0.2, 0.25) is 15.9 Å². The van der Waals surface area contributed by atoms with E-state index in [0.29, 0.717) is 12.8 Å². The topological polar surface area (TPSA) is 111 Å². The average molecular weight is 407 g/mol. The molecule has 0 heterocycles. The van der Waals surface area contributed by atoms with Crippen LogP contribution in [0.2, 0.25) is 5.02 Å². The summed E-state index contributed by atoms with van der Waals surface area (Å²) in [6, 6.07) is 3.30. The second-order valence-electron chi connectivity index (χ2n) is 5.41. The zero-order chi connectivity index (χ0) is 19.7. The molecule has 0 aliphatic heterocycles. The van der Waals surface area contributed by atoms with Crippen LogP contribution in [-0.2, 0) is 24.3 Å². The fourth-order valence-electron chi connectivity index (χ4n) is 2.14. The fourth-order valence-corrected chi connectivity index (χ4v) is 3.56. The van der Waals surface area contributed by atoms with Crippen molar-refractivity contribution in [2.45, 2.75) is 37.1 Å². The zero-order valence-corrected chi connectivity index (χ0v) is 16.4. The number of halogens is 1. The highest BCUT2D eigenvalue weighted by atomic mass is 35.5. The molecule has 146 valence electrons. The molecule has 1 amide bonds. The largest absolute Gasteiger partial charge is 0.495 e. The van der Waals surface area contributed by atoms with Crippen molar-refractivity contribution in [3.63, 3.8) is 0 Å². The molecular formula is C16H23ClN2O6S. The molecule has 0 saturated carbocycles. The van der Waals surface area contributed by atoms with Gasteiger partial charge in [-0.25, -0.2) is 17.9 Å². The van der Waals surface area contributed by atoms with Gasteiger partial charge in [-0.3, -0.25) is 4.79 Å². The maximum Gasteiger partial charge on any atom is 0.328 e. The van der Waals surface area contributed by atoms with Crippen LogP contribution in [0.15, 0.2) is 23.1 Å². The smallest absolute Gasteiger partial charge is 0.328 e. The number of esters is 1. The van der Waals surface area contributed by atoms with Gasteiger partial charge in [0.05, 0.1) is 20.8 Å². The molecule has 8 nitrogen and oxygen atoms in total. The predicted molar refractivity (Wildman–Crippen MR) is 96.7 cm³/mol. The van der Waals surface area contributed by atoms with E-state index in [2.05, 4.69) is 14.8 Å². The molecule has 0 bridgehead atoms. The molecule has 0 aromatic heterocycles. The summed E-state index contributed by atoms with van der Waals surface area (Å²) in [5.41, 5.74) is 0. The lowest BCUT2D eigenvalue weighted by molar-refractivity contribution is -0.145. The first-order valence-corrected chi connectivity index (χ1v) is 9.81. The Morgan fingerprint density at radius 2 is 1.96 bits per heavy atom. The molecule has 10 heteroatoms. The molecule has 1 rings (SSSR count). The molecule has 0 aliphatic carbocycles. The van der Waals surface area contributed by atoms with Crippen LogP contribution >= 0.6 is 11.6 Å². The quantitative estimate of drug-likeness (QED) is 0.569. The Hall–Kier alpha value is -1.84. The summed E-state index contributed by atoms with van der Waals surface area (Å²) in [5, 5.41) is 2.68. The third kappa shape index (κ3) is 6.47. The number of hydrogen-bond acceptors (Lipinski definition) is 6. The zero-order valence-electron chi connectivity index (χ0n) is 14.9. The number of carbonyl (C=O) groups excluding carboxylic acids is 2. The third-order valence-electron chi connectivity index (χ3n) is 3.51. The highest BCUT2D eigenvalue weighted by Crippen LogP contribution is 2.26. The number of sulfonamides is 1. The van der Waals surface area contributed by atoms with Crippen molar-refractivity contribution in [2.75, 3.05) is 20.8 Å². The summed E-state index contributed by atoms with van der Waals surface area (Å²) in [6.45, 7) is 1.40. The molecule has 0 saturated heterocycles. The van der Waals surface area contributed by atoms with Crippen LogP contribution in [-0.4, -0.2) is 47.1 Å². The van der Waals surface area contributed by atoms with Crippen LogP contribution in [0.4, 0.5) is 0 Å². The van der Waals surface area contributed by atoms with Crippen molar-refractivity contribution in [3.8, 4) is 5.75 Å². The second-order valence-corrected chi connectivity index (χ2v) is 7.58. The normalized spacial score (nSPS) is 12.3. The number of benzene rings is 1. The highest BCUT2D eigenvalue weighted by Gasteiger charge is 2.24. The Morgan fingerprint density at radius 3 is 2.54 bits per heavy atom. The van der Waals surface area contributed by atoms with Crippen molar-refractivity contribution >= 4 is 33.5 Å². The summed E-state index contributed by atoms with van der Waals surface area (Å²) < 4.78 is 36.6. The van der Waals surface area contributed by atoms with Gasteiger partial charge in [0.1, 0.15) is 16.7 Å². The maximum atomic E-state index is 12.4. The molecule has 0 aliphatic rings. The molecule has 1 atom stereocenters. The van der Waals surface area contributed by atoms with E-state index in [1.165, 1.54) is 32.4 Å². The minimum atomic E-state index is -4.04. The predicted octanol–water partition coefficient (Wildman–Crippen LogP) is 1.47. The maximum absolute atomic E-state index is 12.4. The SMILES string of the molecule is CCCCC(NC(=O)CNS(=O)(=O)c1cc(Cl)ccc1OC)C(=O)OC. The monoisotopic (exact) mass is 406 g/mol. The molecule has 26 heavy (non-hydrogen) atoms. The van der Waals surface area contributed by atoms with Gasteiger partial charge in [0.15, 0.2) is 0 Å². The fraction of sp³-hybridized carbons (Fsp3) is 0.500. The van der Waals surface area contributed by atoms with Gasteiger partial charge in [-0.05, 0) is 24.6 Å². The van der Waals surface area contributed by atoms with Gasteiger partial charge in [0.25, 0.3) is 0 Å². The number of nitrogens with one attached hydrogen (secondary N) is 2.